The first-order valence-electron chi connectivity index (χ1n) is 6.65. The minimum absolute atomic E-state index is 0.0385. The molecule has 18 heavy (non-hydrogen) atoms. The Morgan fingerprint density at radius 1 is 1.56 bits per heavy atom. The quantitative estimate of drug-likeness (QED) is 0.836. The van der Waals surface area contributed by atoms with Gasteiger partial charge < -0.3 is 9.88 Å². The number of nitrogens with one attached hydrogen (secondary N) is 1. The molecule has 0 aliphatic heterocycles. The summed E-state index contributed by atoms with van der Waals surface area (Å²) in [5.74, 6) is 0.898. The van der Waals surface area contributed by atoms with Gasteiger partial charge in [0.1, 0.15) is 0 Å². The van der Waals surface area contributed by atoms with Gasteiger partial charge in [-0.3, -0.25) is 4.79 Å². The van der Waals surface area contributed by atoms with Gasteiger partial charge in [0, 0.05) is 30.9 Å². The Hall–Kier alpha value is -1.03. The molecule has 1 aliphatic carbocycles. The van der Waals surface area contributed by atoms with Gasteiger partial charge >= 0.3 is 0 Å². The van der Waals surface area contributed by atoms with Gasteiger partial charge in [-0.1, -0.05) is 13.3 Å². The number of hydrogen-bond donors (Lipinski definition) is 1. The van der Waals surface area contributed by atoms with Crippen molar-refractivity contribution >= 4 is 17.4 Å². The van der Waals surface area contributed by atoms with Crippen LogP contribution in [0.5, 0.6) is 0 Å². The summed E-state index contributed by atoms with van der Waals surface area (Å²) < 4.78 is 1.70. The molecule has 1 saturated carbocycles. The second-order valence-corrected chi connectivity index (χ2v) is 5.42. The Balaban J connectivity index is 2.01. The molecule has 1 heterocycles. The largest absolute Gasteiger partial charge is 0.365 e. The van der Waals surface area contributed by atoms with E-state index in [4.69, 9.17) is 11.6 Å². The van der Waals surface area contributed by atoms with Crippen molar-refractivity contribution < 1.29 is 0 Å². The number of halogens is 1. The molecule has 2 atom stereocenters. The molecule has 0 aromatic carbocycles. The average molecular weight is 270 g/mol. The van der Waals surface area contributed by atoms with Crippen LogP contribution in [0.15, 0.2) is 17.2 Å². The van der Waals surface area contributed by atoms with E-state index in [0.29, 0.717) is 11.7 Å². The van der Waals surface area contributed by atoms with Crippen LogP contribution in [0.4, 0.5) is 5.82 Å². The Morgan fingerprint density at radius 2 is 2.39 bits per heavy atom. The van der Waals surface area contributed by atoms with Crippen LogP contribution < -0.4 is 10.9 Å². The van der Waals surface area contributed by atoms with E-state index < -0.39 is 0 Å². The molecule has 2 rings (SSSR count). The molecule has 4 nitrogen and oxygen atoms in total. The van der Waals surface area contributed by atoms with Crippen molar-refractivity contribution in [2.24, 2.45) is 5.92 Å². The van der Waals surface area contributed by atoms with E-state index in [1.807, 2.05) is 0 Å². The second-order valence-electron chi connectivity index (χ2n) is 4.86. The van der Waals surface area contributed by atoms with E-state index in [9.17, 15) is 4.79 Å². The van der Waals surface area contributed by atoms with Crippen molar-refractivity contribution in [2.45, 2.75) is 44.5 Å². The molecule has 0 bridgehead atoms. The number of aryl methyl sites for hydroxylation is 1. The average Bonchev–Trinajstić information content (AvgIpc) is 2.76. The highest BCUT2D eigenvalue weighted by Crippen LogP contribution is 2.29. The number of nitrogens with zero attached hydrogens (tertiary/aromatic N) is 2. The molecular weight excluding hydrogens is 250 g/mol. The lowest BCUT2D eigenvalue weighted by Gasteiger charge is -2.15. The fourth-order valence-corrected chi connectivity index (χ4v) is 2.80. The normalized spacial score (nSPS) is 23.2. The summed E-state index contributed by atoms with van der Waals surface area (Å²) in [6, 6.07) is 0. The van der Waals surface area contributed by atoms with E-state index >= 15 is 0 Å². The molecule has 0 radical (unpaired) electrons. The van der Waals surface area contributed by atoms with Crippen LogP contribution in [-0.2, 0) is 6.54 Å². The zero-order valence-electron chi connectivity index (χ0n) is 10.7. The van der Waals surface area contributed by atoms with Gasteiger partial charge in [-0.05, 0) is 25.2 Å². The van der Waals surface area contributed by atoms with E-state index in [1.165, 1.54) is 6.42 Å². The first kappa shape index (κ1) is 13.4. The molecule has 1 fully saturated rings. The number of alkyl halides is 1. The van der Waals surface area contributed by atoms with Gasteiger partial charge in [0.2, 0.25) is 0 Å². The van der Waals surface area contributed by atoms with Crippen molar-refractivity contribution in [3.8, 4) is 0 Å². The number of rotatable bonds is 5. The maximum Gasteiger partial charge on any atom is 0.293 e. The Labute approximate surface area is 112 Å². The summed E-state index contributed by atoms with van der Waals surface area (Å²) in [7, 11) is 0. The zero-order valence-corrected chi connectivity index (χ0v) is 11.5. The smallest absolute Gasteiger partial charge is 0.293 e. The summed E-state index contributed by atoms with van der Waals surface area (Å²) in [4.78, 5) is 16.2. The lowest BCUT2D eigenvalue weighted by molar-refractivity contribution is 0.582. The maximum atomic E-state index is 12.1. The highest BCUT2D eigenvalue weighted by atomic mass is 35.5. The predicted molar refractivity (Wildman–Crippen MR) is 74.3 cm³/mol. The molecule has 1 aliphatic rings. The van der Waals surface area contributed by atoms with Crippen LogP contribution in [0.25, 0.3) is 0 Å². The van der Waals surface area contributed by atoms with Gasteiger partial charge in [0.05, 0.1) is 0 Å². The first-order valence-corrected chi connectivity index (χ1v) is 7.09. The molecule has 0 saturated heterocycles. The number of anilines is 1. The SMILES string of the molecule is CCCn1ccnc(NCC2CCCC2Cl)c1=O. The van der Waals surface area contributed by atoms with Gasteiger partial charge in [-0.25, -0.2) is 4.98 Å². The van der Waals surface area contributed by atoms with Gasteiger partial charge in [0.15, 0.2) is 5.82 Å². The highest BCUT2D eigenvalue weighted by molar-refractivity contribution is 6.20. The first-order chi connectivity index (χ1) is 8.72. The molecule has 1 N–H and O–H groups in total. The van der Waals surface area contributed by atoms with Crippen LogP contribution in [0.2, 0.25) is 0 Å². The highest BCUT2D eigenvalue weighted by Gasteiger charge is 2.25. The second kappa shape index (κ2) is 6.23. The van der Waals surface area contributed by atoms with Crippen LogP contribution in [-0.4, -0.2) is 21.5 Å². The molecule has 0 spiro atoms. The predicted octanol–water partition coefficient (Wildman–Crippen LogP) is 2.47. The Kier molecular flexibility index (Phi) is 4.64. The van der Waals surface area contributed by atoms with Crippen molar-refractivity contribution in [1.82, 2.24) is 9.55 Å². The molecule has 5 heteroatoms. The molecule has 1 aromatic rings. The van der Waals surface area contributed by atoms with E-state index in [1.54, 1.807) is 17.0 Å². The summed E-state index contributed by atoms with van der Waals surface area (Å²) >= 11 is 6.22. The van der Waals surface area contributed by atoms with Gasteiger partial charge in [-0.15, -0.1) is 11.6 Å². The van der Waals surface area contributed by atoms with Crippen LogP contribution in [0, 0.1) is 5.92 Å². The van der Waals surface area contributed by atoms with E-state index in [2.05, 4.69) is 17.2 Å². The monoisotopic (exact) mass is 269 g/mol. The Bertz CT molecular complexity index is 446. The van der Waals surface area contributed by atoms with Crippen molar-refractivity contribution in [3.63, 3.8) is 0 Å². The standard InChI is InChI=1S/C13H20ClN3O/c1-2-7-17-8-6-15-12(13(17)18)16-9-10-4-3-5-11(10)14/h6,8,10-11H,2-5,7,9H2,1H3,(H,15,16). The molecule has 0 amide bonds. The molecular formula is C13H20ClN3O. The summed E-state index contributed by atoms with van der Waals surface area (Å²) in [5.41, 5.74) is -0.0385. The zero-order chi connectivity index (χ0) is 13.0. The van der Waals surface area contributed by atoms with E-state index in [-0.39, 0.29) is 10.9 Å². The summed E-state index contributed by atoms with van der Waals surface area (Å²) in [5, 5.41) is 3.39. The van der Waals surface area contributed by atoms with Gasteiger partial charge in [0.25, 0.3) is 5.56 Å². The lowest BCUT2D eigenvalue weighted by atomic mass is 10.1. The fourth-order valence-electron chi connectivity index (χ4n) is 2.43. The number of aromatic nitrogens is 2. The van der Waals surface area contributed by atoms with Crippen LogP contribution >= 0.6 is 11.6 Å². The van der Waals surface area contributed by atoms with Crippen molar-refractivity contribution in [2.75, 3.05) is 11.9 Å². The van der Waals surface area contributed by atoms with Gasteiger partial charge in [-0.2, -0.15) is 0 Å². The van der Waals surface area contributed by atoms with Crippen LogP contribution in [0.3, 0.4) is 0 Å². The Morgan fingerprint density at radius 3 is 3.06 bits per heavy atom. The van der Waals surface area contributed by atoms with E-state index in [0.717, 1.165) is 32.4 Å². The fraction of sp³-hybridized carbons (Fsp3) is 0.692. The topological polar surface area (TPSA) is 46.9 Å². The minimum Gasteiger partial charge on any atom is -0.365 e. The third kappa shape index (κ3) is 3.05. The van der Waals surface area contributed by atoms with Crippen molar-refractivity contribution in [3.05, 3.63) is 22.7 Å². The lowest BCUT2D eigenvalue weighted by Crippen LogP contribution is -2.27. The molecule has 100 valence electrons. The third-order valence-corrected chi connectivity index (χ3v) is 4.05. The van der Waals surface area contributed by atoms with Crippen molar-refractivity contribution in [1.29, 1.82) is 0 Å². The third-order valence-electron chi connectivity index (χ3n) is 3.48. The van der Waals surface area contributed by atoms with Crippen LogP contribution in [0.1, 0.15) is 32.6 Å². The maximum absolute atomic E-state index is 12.1. The number of hydrogen-bond acceptors (Lipinski definition) is 3. The summed E-state index contributed by atoms with van der Waals surface area (Å²) in [6.45, 7) is 3.53. The molecule has 2 unspecified atom stereocenters. The minimum atomic E-state index is -0.0385. The summed E-state index contributed by atoms with van der Waals surface area (Å²) in [6.07, 6.45) is 7.75. The molecule has 1 aromatic heterocycles.